The van der Waals surface area contributed by atoms with Crippen LogP contribution in [0.3, 0.4) is 0 Å². The van der Waals surface area contributed by atoms with Gasteiger partial charge in [-0.25, -0.2) is 0 Å². The molecule has 2 aromatic rings. The first-order chi connectivity index (χ1) is 7.84. The van der Waals surface area contributed by atoms with Gasteiger partial charge in [-0.2, -0.15) is 0 Å². The molecule has 1 heterocycles. The summed E-state index contributed by atoms with van der Waals surface area (Å²) in [6.07, 6.45) is 1.07. The Bertz CT molecular complexity index is 507. The van der Waals surface area contributed by atoms with Crippen LogP contribution in [0.5, 0.6) is 0 Å². The molecule has 0 fully saturated rings. The molecule has 0 radical (unpaired) electrons. The molecule has 0 amide bonds. The van der Waals surface area contributed by atoms with Gasteiger partial charge in [-0.15, -0.1) is 0 Å². The lowest BCUT2D eigenvalue weighted by molar-refractivity contribution is 0.998. The number of hydrogen-bond donors (Lipinski definition) is 0. The van der Waals surface area contributed by atoms with Crippen molar-refractivity contribution in [1.29, 1.82) is 0 Å². The molecular weight excluding hydrogens is 218 g/mol. The Balaban J connectivity index is 2.04. The topological polar surface area (TPSA) is 3.24 Å². The number of anilines is 2. The Morgan fingerprint density at radius 3 is 2.62 bits per heavy atom. The minimum atomic E-state index is 0.827. The van der Waals surface area contributed by atoms with Crippen molar-refractivity contribution in [3.05, 3.63) is 59.1 Å². The van der Waals surface area contributed by atoms with E-state index >= 15 is 0 Å². The maximum Gasteiger partial charge on any atom is 0.0445 e. The zero-order valence-corrected chi connectivity index (χ0v) is 9.61. The highest BCUT2D eigenvalue weighted by Gasteiger charge is 2.19. The molecule has 1 nitrogen and oxygen atoms in total. The van der Waals surface area contributed by atoms with E-state index in [-0.39, 0.29) is 0 Å². The molecule has 16 heavy (non-hydrogen) atoms. The van der Waals surface area contributed by atoms with E-state index in [0.29, 0.717) is 0 Å². The lowest BCUT2D eigenvalue weighted by atomic mass is 10.2. The van der Waals surface area contributed by atoms with Gasteiger partial charge in [0.15, 0.2) is 0 Å². The van der Waals surface area contributed by atoms with Crippen LogP contribution in [0.1, 0.15) is 5.56 Å². The van der Waals surface area contributed by atoms with Crippen LogP contribution in [-0.2, 0) is 6.42 Å². The molecule has 0 saturated carbocycles. The molecule has 0 aromatic heterocycles. The number of hydrogen-bond acceptors (Lipinski definition) is 1. The van der Waals surface area contributed by atoms with Crippen LogP contribution >= 0.6 is 11.6 Å². The fourth-order valence-electron chi connectivity index (χ4n) is 2.25. The predicted molar refractivity (Wildman–Crippen MR) is 68.6 cm³/mol. The van der Waals surface area contributed by atoms with Crippen LogP contribution in [0.4, 0.5) is 11.4 Å². The number of rotatable bonds is 1. The van der Waals surface area contributed by atoms with Crippen LogP contribution in [0, 0.1) is 0 Å². The van der Waals surface area contributed by atoms with E-state index in [9.17, 15) is 0 Å². The lowest BCUT2D eigenvalue weighted by Gasteiger charge is -2.19. The molecular formula is C14H12ClN. The van der Waals surface area contributed by atoms with Crippen molar-refractivity contribution in [2.24, 2.45) is 0 Å². The predicted octanol–water partition coefficient (Wildman–Crippen LogP) is 4.03. The van der Waals surface area contributed by atoms with Gasteiger partial charge in [0, 0.05) is 22.9 Å². The van der Waals surface area contributed by atoms with Crippen molar-refractivity contribution < 1.29 is 0 Å². The fraction of sp³-hybridized carbons (Fsp3) is 0.143. The number of nitrogens with zero attached hydrogens (tertiary/aromatic N) is 1. The van der Waals surface area contributed by atoms with Gasteiger partial charge in [-0.05, 0) is 42.3 Å². The summed E-state index contributed by atoms with van der Waals surface area (Å²) in [5.41, 5.74) is 3.88. The third-order valence-electron chi connectivity index (χ3n) is 3.00. The molecule has 2 heteroatoms. The van der Waals surface area contributed by atoms with Crippen molar-refractivity contribution in [3.8, 4) is 0 Å². The molecule has 0 saturated heterocycles. The summed E-state index contributed by atoms with van der Waals surface area (Å²) in [4.78, 5) is 2.34. The highest BCUT2D eigenvalue weighted by Crippen LogP contribution is 2.35. The molecule has 0 N–H and O–H groups in total. The Morgan fingerprint density at radius 2 is 1.81 bits per heavy atom. The average Bonchev–Trinajstić information content (AvgIpc) is 2.73. The summed E-state index contributed by atoms with van der Waals surface area (Å²) >= 11 is 6.00. The van der Waals surface area contributed by atoms with Crippen LogP contribution in [-0.4, -0.2) is 6.54 Å². The van der Waals surface area contributed by atoms with E-state index in [1.165, 1.54) is 16.9 Å². The largest absolute Gasteiger partial charge is 0.341 e. The van der Waals surface area contributed by atoms with Gasteiger partial charge >= 0.3 is 0 Å². The van der Waals surface area contributed by atoms with Gasteiger partial charge in [0.1, 0.15) is 0 Å². The van der Waals surface area contributed by atoms with E-state index in [4.69, 9.17) is 11.6 Å². The smallest absolute Gasteiger partial charge is 0.0445 e. The second-order valence-electron chi connectivity index (χ2n) is 4.01. The SMILES string of the molecule is Clc1ccc2c(c1)CCN2c1ccccc1. The molecule has 1 aliphatic rings. The van der Waals surface area contributed by atoms with Crippen molar-refractivity contribution in [1.82, 2.24) is 0 Å². The second-order valence-corrected chi connectivity index (χ2v) is 4.45. The summed E-state index contributed by atoms with van der Waals surface area (Å²) in [5.74, 6) is 0. The molecule has 3 rings (SSSR count). The summed E-state index contributed by atoms with van der Waals surface area (Å²) in [5, 5.41) is 0.827. The van der Waals surface area contributed by atoms with Gasteiger partial charge in [0.05, 0.1) is 0 Å². The minimum absolute atomic E-state index is 0.827. The molecule has 80 valence electrons. The first-order valence-electron chi connectivity index (χ1n) is 5.45. The molecule has 1 aliphatic heterocycles. The average molecular weight is 230 g/mol. The third kappa shape index (κ3) is 1.57. The quantitative estimate of drug-likeness (QED) is 0.714. The molecule has 0 bridgehead atoms. The molecule has 0 unspecified atom stereocenters. The minimum Gasteiger partial charge on any atom is -0.341 e. The first-order valence-corrected chi connectivity index (χ1v) is 5.83. The Hall–Kier alpha value is -1.47. The molecule has 2 aromatic carbocycles. The Morgan fingerprint density at radius 1 is 1.00 bits per heavy atom. The van der Waals surface area contributed by atoms with E-state index in [1.54, 1.807) is 0 Å². The van der Waals surface area contributed by atoms with Crippen LogP contribution < -0.4 is 4.90 Å². The normalized spacial score (nSPS) is 13.9. The Kier molecular flexibility index (Phi) is 2.33. The number of halogens is 1. The summed E-state index contributed by atoms with van der Waals surface area (Å²) in [6, 6.07) is 16.6. The van der Waals surface area contributed by atoms with Crippen LogP contribution in [0.2, 0.25) is 5.02 Å². The molecule has 0 aliphatic carbocycles. The van der Waals surface area contributed by atoms with Gasteiger partial charge in [-0.3, -0.25) is 0 Å². The third-order valence-corrected chi connectivity index (χ3v) is 3.24. The van der Waals surface area contributed by atoms with Gasteiger partial charge in [0.25, 0.3) is 0 Å². The highest BCUT2D eigenvalue weighted by molar-refractivity contribution is 6.30. The molecule has 0 spiro atoms. The summed E-state index contributed by atoms with van der Waals surface area (Å²) in [7, 11) is 0. The number of para-hydroxylation sites is 1. The second kappa shape index (κ2) is 3.84. The Labute approximate surface area is 100 Å². The van der Waals surface area contributed by atoms with Crippen LogP contribution in [0.25, 0.3) is 0 Å². The van der Waals surface area contributed by atoms with Crippen LogP contribution in [0.15, 0.2) is 48.5 Å². The monoisotopic (exact) mass is 229 g/mol. The zero-order valence-electron chi connectivity index (χ0n) is 8.86. The zero-order chi connectivity index (χ0) is 11.0. The van der Waals surface area contributed by atoms with Crippen molar-refractivity contribution in [2.45, 2.75) is 6.42 Å². The maximum absolute atomic E-state index is 6.00. The fourth-order valence-corrected chi connectivity index (χ4v) is 2.44. The highest BCUT2D eigenvalue weighted by atomic mass is 35.5. The maximum atomic E-state index is 6.00. The van der Waals surface area contributed by atoms with E-state index in [1.807, 2.05) is 12.1 Å². The molecule has 0 atom stereocenters. The van der Waals surface area contributed by atoms with Gasteiger partial charge in [0.2, 0.25) is 0 Å². The van der Waals surface area contributed by atoms with Crippen molar-refractivity contribution in [2.75, 3.05) is 11.4 Å². The first kappa shape index (κ1) is 9.73. The summed E-state index contributed by atoms with van der Waals surface area (Å²) in [6.45, 7) is 1.04. The van der Waals surface area contributed by atoms with Gasteiger partial charge < -0.3 is 4.90 Å². The number of fused-ring (bicyclic) bond motifs is 1. The summed E-state index contributed by atoms with van der Waals surface area (Å²) < 4.78 is 0. The van der Waals surface area contributed by atoms with Gasteiger partial charge in [-0.1, -0.05) is 29.8 Å². The van der Waals surface area contributed by atoms with E-state index < -0.39 is 0 Å². The van der Waals surface area contributed by atoms with E-state index in [0.717, 1.165) is 18.0 Å². The number of benzene rings is 2. The standard InChI is InChI=1S/C14H12ClN/c15-12-6-7-14-11(10-12)8-9-16(14)13-4-2-1-3-5-13/h1-7,10H,8-9H2. The lowest BCUT2D eigenvalue weighted by Crippen LogP contribution is -2.12. The van der Waals surface area contributed by atoms with Crippen molar-refractivity contribution in [3.63, 3.8) is 0 Å². The van der Waals surface area contributed by atoms with Crippen molar-refractivity contribution >= 4 is 23.0 Å². The van der Waals surface area contributed by atoms with E-state index in [2.05, 4.69) is 41.3 Å².